The Kier molecular flexibility index (Phi) is 4.57. The molecule has 1 aliphatic heterocycles. The Morgan fingerprint density at radius 3 is 2.94 bits per heavy atom. The van der Waals surface area contributed by atoms with E-state index in [9.17, 15) is 4.79 Å². The molecule has 0 atom stereocenters. The molecule has 1 aromatic rings. The lowest BCUT2D eigenvalue weighted by Crippen LogP contribution is -2.38. The molecule has 0 saturated carbocycles. The standard InChI is InChI=1S/C12H17NO4S/c1-9-8-10(11(18-9)12(14)15)17-7-4-13-2-5-16-6-3-13/h8H,2-7H2,1H3,(H,14,15). The minimum absolute atomic E-state index is 0.287. The van der Waals surface area contributed by atoms with Gasteiger partial charge in [0.25, 0.3) is 0 Å². The van der Waals surface area contributed by atoms with E-state index < -0.39 is 5.97 Å². The second kappa shape index (κ2) is 6.17. The van der Waals surface area contributed by atoms with Gasteiger partial charge in [0.15, 0.2) is 4.88 Å². The van der Waals surface area contributed by atoms with E-state index in [0.29, 0.717) is 12.4 Å². The van der Waals surface area contributed by atoms with Crippen molar-refractivity contribution in [1.82, 2.24) is 4.90 Å². The molecular weight excluding hydrogens is 254 g/mol. The van der Waals surface area contributed by atoms with Crippen LogP contribution in [0.4, 0.5) is 0 Å². The van der Waals surface area contributed by atoms with Gasteiger partial charge in [-0.25, -0.2) is 4.79 Å². The van der Waals surface area contributed by atoms with Crippen LogP contribution < -0.4 is 4.74 Å². The average Bonchev–Trinajstić information content (AvgIpc) is 2.72. The summed E-state index contributed by atoms with van der Waals surface area (Å²) in [6.07, 6.45) is 0. The summed E-state index contributed by atoms with van der Waals surface area (Å²) in [7, 11) is 0. The molecular formula is C12H17NO4S. The molecule has 18 heavy (non-hydrogen) atoms. The summed E-state index contributed by atoms with van der Waals surface area (Å²) in [6, 6.07) is 1.79. The number of hydrogen-bond donors (Lipinski definition) is 1. The SMILES string of the molecule is Cc1cc(OCCN2CCOCC2)c(C(=O)O)s1. The Morgan fingerprint density at radius 2 is 2.28 bits per heavy atom. The Balaban J connectivity index is 1.84. The van der Waals surface area contributed by atoms with Crippen LogP contribution in [0.2, 0.25) is 0 Å². The fraction of sp³-hybridized carbons (Fsp3) is 0.583. The van der Waals surface area contributed by atoms with Gasteiger partial charge in [-0.15, -0.1) is 11.3 Å². The fourth-order valence-corrected chi connectivity index (χ4v) is 2.65. The fourth-order valence-electron chi connectivity index (χ4n) is 1.86. The Bertz CT molecular complexity index is 412. The van der Waals surface area contributed by atoms with E-state index in [4.69, 9.17) is 14.6 Å². The van der Waals surface area contributed by atoms with E-state index in [-0.39, 0.29) is 4.88 Å². The van der Waals surface area contributed by atoms with Crippen LogP contribution in [0.3, 0.4) is 0 Å². The van der Waals surface area contributed by atoms with Crippen molar-refractivity contribution >= 4 is 17.3 Å². The molecule has 1 aliphatic rings. The van der Waals surface area contributed by atoms with Crippen molar-refractivity contribution in [3.8, 4) is 5.75 Å². The summed E-state index contributed by atoms with van der Waals surface area (Å²) in [5, 5.41) is 9.03. The first-order valence-electron chi connectivity index (χ1n) is 5.93. The van der Waals surface area contributed by atoms with Crippen molar-refractivity contribution in [1.29, 1.82) is 0 Å². The van der Waals surface area contributed by atoms with Crippen LogP contribution in [0.25, 0.3) is 0 Å². The number of aromatic carboxylic acids is 1. The number of nitrogens with zero attached hydrogens (tertiary/aromatic N) is 1. The third kappa shape index (κ3) is 3.44. The third-order valence-corrected chi connectivity index (χ3v) is 3.80. The molecule has 100 valence electrons. The van der Waals surface area contributed by atoms with Gasteiger partial charge in [-0.3, -0.25) is 4.90 Å². The lowest BCUT2D eigenvalue weighted by Gasteiger charge is -2.26. The highest BCUT2D eigenvalue weighted by Crippen LogP contribution is 2.28. The van der Waals surface area contributed by atoms with Gasteiger partial charge in [0, 0.05) is 24.5 Å². The zero-order valence-electron chi connectivity index (χ0n) is 10.3. The van der Waals surface area contributed by atoms with Crippen LogP contribution in [-0.4, -0.2) is 55.4 Å². The predicted octanol–water partition coefficient (Wildman–Crippen LogP) is 1.47. The summed E-state index contributed by atoms with van der Waals surface area (Å²) >= 11 is 1.25. The van der Waals surface area contributed by atoms with Gasteiger partial charge < -0.3 is 14.6 Å². The van der Waals surface area contributed by atoms with Gasteiger partial charge >= 0.3 is 5.97 Å². The number of aryl methyl sites for hydroxylation is 1. The number of carboxylic acid groups (broad SMARTS) is 1. The van der Waals surface area contributed by atoms with Crippen LogP contribution in [0.1, 0.15) is 14.5 Å². The van der Waals surface area contributed by atoms with Gasteiger partial charge in [0.1, 0.15) is 12.4 Å². The smallest absolute Gasteiger partial charge is 0.349 e. The number of carboxylic acids is 1. The van der Waals surface area contributed by atoms with Crippen molar-refractivity contribution in [2.24, 2.45) is 0 Å². The maximum Gasteiger partial charge on any atom is 0.349 e. The maximum atomic E-state index is 11.0. The normalized spacial score (nSPS) is 16.7. The van der Waals surface area contributed by atoms with Crippen LogP contribution in [0, 0.1) is 6.92 Å². The molecule has 1 aromatic heterocycles. The Morgan fingerprint density at radius 1 is 1.56 bits per heavy atom. The first-order chi connectivity index (χ1) is 8.66. The predicted molar refractivity (Wildman–Crippen MR) is 68.8 cm³/mol. The van der Waals surface area contributed by atoms with Crippen molar-refractivity contribution in [3.63, 3.8) is 0 Å². The number of rotatable bonds is 5. The second-order valence-corrected chi connectivity index (χ2v) is 5.41. The lowest BCUT2D eigenvalue weighted by atomic mass is 10.4. The zero-order chi connectivity index (χ0) is 13.0. The van der Waals surface area contributed by atoms with Crippen LogP contribution in [0.15, 0.2) is 6.07 Å². The van der Waals surface area contributed by atoms with E-state index in [1.807, 2.05) is 6.92 Å². The van der Waals surface area contributed by atoms with E-state index >= 15 is 0 Å². The van der Waals surface area contributed by atoms with Crippen molar-refractivity contribution in [3.05, 3.63) is 15.8 Å². The molecule has 5 nitrogen and oxygen atoms in total. The molecule has 1 fully saturated rings. The quantitative estimate of drug-likeness (QED) is 0.878. The number of thiophene rings is 1. The van der Waals surface area contributed by atoms with Gasteiger partial charge in [0.05, 0.1) is 13.2 Å². The highest BCUT2D eigenvalue weighted by Gasteiger charge is 2.16. The van der Waals surface area contributed by atoms with Crippen LogP contribution >= 0.6 is 11.3 Å². The maximum absolute atomic E-state index is 11.0. The first-order valence-corrected chi connectivity index (χ1v) is 6.75. The largest absolute Gasteiger partial charge is 0.490 e. The summed E-state index contributed by atoms with van der Waals surface area (Å²) in [5.74, 6) is -0.437. The van der Waals surface area contributed by atoms with Crippen molar-refractivity contribution in [2.75, 3.05) is 39.5 Å². The minimum atomic E-state index is -0.922. The number of ether oxygens (including phenoxy) is 2. The van der Waals surface area contributed by atoms with Crippen LogP contribution in [0.5, 0.6) is 5.75 Å². The second-order valence-electron chi connectivity index (χ2n) is 4.16. The summed E-state index contributed by atoms with van der Waals surface area (Å²) in [5.41, 5.74) is 0. The minimum Gasteiger partial charge on any atom is -0.490 e. The molecule has 0 radical (unpaired) electrons. The molecule has 1 N–H and O–H groups in total. The number of carbonyl (C=O) groups is 1. The molecule has 2 heterocycles. The van der Waals surface area contributed by atoms with Gasteiger partial charge in [-0.1, -0.05) is 0 Å². The van der Waals surface area contributed by atoms with E-state index in [1.165, 1.54) is 11.3 Å². The lowest BCUT2D eigenvalue weighted by molar-refractivity contribution is 0.0322. The number of morpholine rings is 1. The molecule has 0 amide bonds. The highest BCUT2D eigenvalue weighted by molar-refractivity contribution is 7.14. The molecule has 2 rings (SSSR count). The zero-order valence-corrected chi connectivity index (χ0v) is 11.2. The van der Waals surface area contributed by atoms with Gasteiger partial charge in [-0.05, 0) is 13.0 Å². The van der Waals surface area contributed by atoms with E-state index in [1.54, 1.807) is 6.07 Å². The van der Waals surface area contributed by atoms with Gasteiger partial charge in [-0.2, -0.15) is 0 Å². The Hall–Kier alpha value is -1.11. The number of hydrogen-bond acceptors (Lipinski definition) is 5. The molecule has 0 bridgehead atoms. The molecule has 0 aromatic carbocycles. The molecule has 1 saturated heterocycles. The molecule has 0 aliphatic carbocycles. The summed E-state index contributed by atoms with van der Waals surface area (Å²) in [4.78, 5) is 14.5. The molecule has 0 unspecified atom stereocenters. The topological polar surface area (TPSA) is 59.0 Å². The Labute approximate surface area is 110 Å². The van der Waals surface area contributed by atoms with Crippen molar-refractivity contribution < 1.29 is 19.4 Å². The molecule has 0 spiro atoms. The summed E-state index contributed by atoms with van der Waals surface area (Å²) < 4.78 is 10.8. The first kappa shape index (κ1) is 13.3. The van der Waals surface area contributed by atoms with E-state index in [0.717, 1.165) is 37.7 Å². The third-order valence-electron chi connectivity index (χ3n) is 2.78. The summed E-state index contributed by atoms with van der Waals surface area (Å²) in [6.45, 7) is 6.55. The average molecular weight is 271 g/mol. The van der Waals surface area contributed by atoms with Crippen molar-refractivity contribution in [2.45, 2.75) is 6.92 Å². The highest BCUT2D eigenvalue weighted by atomic mass is 32.1. The van der Waals surface area contributed by atoms with Crippen LogP contribution in [-0.2, 0) is 4.74 Å². The monoisotopic (exact) mass is 271 g/mol. The molecule has 6 heteroatoms. The van der Waals surface area contributed by atoms with Gasteiger partial charge in [0.2, 0.25) is 0 Å². The van der Waals surface area contributed by atoms with E-state index in [2.05, 4.69) is 4.90 Å².